The standard InChI is InChI=1S/C16H14N2O2S/c1-11(12-6-3-2-4-7-12)17-16(19)13-10-14(20-18-13)15-8-5-9-21-15/h2-11H,1H3,(H,17,19)/t11-/m0/s1. The van der Waals surface area contributed by atoms with Crippen LogP contribution in [0.1, 0.15) is 29.0 Å². The van der Waals surface area contributed by atoms with Crippen LogP contribution >= 0.6 is 11.3 Å². The zero-order valence-corrected chi connectivity index (χ0v) is 12.3. The molecule has 106 valence electrons. The van der Waals surface area contributed by atoms with Crippen molar-refractivity contribution >= 4 is 17.2 Å². The highest BCUT2D eigenvalue weighted by Gasteiger charge is 2.16. The molecule has 0 unspecified atom stereocenters. The number of amides is 1. The Morgan fingerprint density at radius 1 is 1.24 bits per heavy atom. The van der Waals surface area contributed by atoms with E-state index in [0.29, 0.717) is 11.5 Å². The lowest BCUT2D eigenvalue weighted by molar-refractivity contribution is 0.0931. The first-order chi connectivity index (χ1) is 10.2. The van der Waals surface area contributed by atoms with Gasteiger partial charge in [-0.2, -0.15) is 0 Å². The molecule has 2 aromatic heterocycles. The Balaban J connectivity index is 1.71. The predicted molar refractivity (Wildman–Crippen MR) is 82.1 cm³/mol. The van der Waals surface area contributed by atoms with E-state index in [9.17, 15) is 4.79 Å². The maximum absolute atomic E-state index is 12.2. The Hall–Kier alpha value is -2.40. The van der Waals surface area contributed by atoms with Crippen molar-refractivity contribution in [3.63, 3.8) is 0 Å². The average Bonchev–Trinajstić information content (AvgIpc) is 3.19. The summed E-state index contributed by atoms with van der Waals surface area (Å²) in [5, 5.41) is 8.70. The summed E-state index contributed by atoms with van der Waals surface area (Å²) < 4.78 is 5.22. The highest BCUT2D eigenvalue weighted by atomic mass is 32.1. The van der Waals surface area contributed by atoms with Gasteiger partial charge in [0.05, 0.1) is 10.9 Å². The third-order valence-electron chi connectivity index (χ3n) is 3.15. The molecule has 3 rings (SSSR count). The van der Waals surface area contributed by atoms with E-state index in [0.717, 1.165) is 10.4 Å². The molecule has 0 aliphatic heterocycles. The Morgan fingerprint density at radius 3 is 2.76 bits per heavy atom. The fourth-order valence-corrected chi connectivity index (χ4v) is 2.69. The fraction of sp³-hybridized carbons (Fsp3) is 0.125. The molecular formula is C16H14N2O2S. The van der Waals surface area contributed by atoms with E-state index in [1.807, 2.05) is 54.8 Å². The summed E-state index contributed by atoms with van der Waals surface area (Å²) in [7, 11) is 0. The van der Waals surface area contributed by atoms with E-state index in [1.54, 1.807) is 17.4 Å². The lowest BCUT2D eigenvalue weighted by Gasteiger charge is -2.12. The molecular weight excluding hydrogens is 284 g/mol. The molecule has 3 aromatic rings. The average molecular weight is 298 g/mol. The molecule has 1 amide bonds. The number of benzene rings is 1. The van der Waals surface area contributed by atoms with Crippen LogP contribution in [-0.4, -0.2) is 11.1 Å². The number of carbonyl (C=O) groups is 1. The number of rotatable bonds is 4. The molecule has 5 heteroatoms. The molecule has 2 heterocycles. The second kappa shape index (κ2) is 5.93. The molecule has 1 aromatic carbocycles. The van der Waals surface area contributed by atoms with Gasteiger partial charge in [0.15, 0.2) is 11.5 Å². The molecule has 0 radical (unpaired) electrons. The molecule has 0 aliphatic carbocycles. The first-order valence-corrected chi connectivity index (χ1v) is 7.48. The van der Waals surface area contributed by atoms with E-state index < -0.39 is 0 Å². The SMILES string of the molecule is C[C@H](NC(=O)c1cc(-c2cccs2)on1)c1ccccc1. The minimum Gasteiger partial charge on any atom is -0.355 e. The molecule has 0 aliphatic rings. The fourth-order valence-electron chi connectivity index (χ4n) is 2.01. The Labute approximate surface area is 126 Å². The van der Waals surface area contributed by atoms with Gasteiger partial charge in [0.1, 0.15) is 0 Å². The molecule has 1 atom stereocenters. The predicted octanol–water partition coefficient (Wildman–Crippen LogP) is 3.89. The summed E-state index contributed by atoms with van der Waals surface area (Å²) in [6, 6.07) is 15.2. The maximum Gasteiger partial charge on any atom is 0.273 e. The van der Waals surface area contributed by atoms with E-state index in [1.165, 1.54) is 0 Å². The molecule has 0 bridgehead atoms. The van der Waals surface area contributed by atoms with Crippen LogP contribution in [0.4, 0.5) is 0 Å². The second-order valence-electron chi connectivity index (χ2n) is 4.66. The number of hydrogen-bond acceptors (Lipinski definition) is 4. The number of nitrogens with zero attached hydrogens (tertiary/aromatic N) is 1. The van der Waals surface area contributed by atoms with Crippen LogP contribution in [0.3, 0.4) is 0 Å². The molecule has 0 saturated heterocycles. The molecule has 4 nitrogen and oxygen atoms in total. The number of carbonyl (C=O) groups excluding carboxylic acids is 1. The quantitative estimate of drug-likeness (QED) is 0.795. The van der Waals surface area contributed by atoms with Crippen molar-refractivity contribution in [2.24, 2.45) is 0 Å². The maximum atomic E-state index is 12.2. The number of thiophene rings is 1. The van der Waals surface area contributed by atoms with Gasteiger partial charge in [0.25, 0.3) is 5.91 Å². The zero-order valence-electron chi connectivity index (χ0n) is 11.4. The molecule has 1 N–H and O–H groups in total. The monoisotopic (exact) mass is 298 g/mol. The smallest absolute Gasteiger partial charge is 0.273 e. The normalized spacial score (nSPS) is 12.0. The Kier molecular flexibility index (Phi) is 3.83. The van der Waals surface area contributed by atoms with Crippen molar-refractivity contribution in [1.82, 2.24) is 10.5 Å². The summed E-state index contributed by atoms with van der Waals surface area (Å²) in [4.78, 5) is 13.1. The topological polar surface area (TPSA) is 55.1 Å². The number of hydrogen-bond donors (Lipinski definition) is 1. The summed E-state index contributed by atoms with van der Waals surface area (Å²) in [6.07, 6.45) is 0. The van der Waals surface area contributed by atoms with E-state index in [2.05, 4.69) is 10.5 Å². The van der Waals surface area contributed by atoms with Crippen molar-refractivity contribution < 1.29 is 9.32 Å². The first-order valence-electron chi connectivity index (χ1n) is 6.60. The summed E-state index contributed by atoms with van der Waals surface area (Å²) in [5.74, 6) is 0.375. The van der Waals surface area contributed by atoms with Crippen molar-refractivity contribution in [3.05, 3.63) is 65.2 Å². The van der Waals surface area contributed by atoms with Gasteiger partial charge >= 0.3 is 0 Å². The number of aromatic nitrogens is 1. The van der Waals surface area contributed by atoms with Gasteiger partial charge in [-0.1, -0.05) is 41.6 Å². The second-order valence-corrected chi connectivity index (χ2v) is 5.61. The summed E-state index contributed by atoms with van der Waals surface area (Å²) >= 11 is 1.55. The first kappa shape index (κ1) is 13.6. The molecule has 0 fully saturated rings. The summed E-state index contributed by atoms with van der Waals surface area (Å²) in [5.41, 5.74) is 1.34. The molecule has 0 saturated carbocycles. The van der Waals surface area contributed by atoms with E-state index in [4.69, 9.17) is 4.52 Å². The van der Waals surface area contributed by atoms with Crippen LogP contribution in [-0.2, 0) is 0 Å². The van der Waals surface area contributed by atoms with Crippen LogP contribution in [0.2, 0.25) is 0 Å². The van der Waals surface area contributed by atoms with E-state index >= 15 is 0 Å². The van der Waals surface area contributed by atoms with Crippen LogP contribution in [0.5, 0.6) is 0 Å². The molecule has 0 spiro atoms. The summed E-state index contributed by atoms with van der Waals surface area (Å²) in [6.45, 7) is 1.94. The third-order valence-corrected chi connectivity index (χ3v) is 4.04. The minimum absolute atomic E-state index is 0.0828. The van der Waals surface area contributed by atoms with Gasteiger partial charge in [-0.3, -0.25) is 4.79 Å². The van der Waals surface area contributed by atoms with Gasteiger partial charge in [-0.25, -0.2) is 0 Å². The minimum atomic E-state index is -0.238. The number of nitrogens with one attached hydrogen (secondary N) is 1. The lowest BCUT2D eigenvalue weighted by Crippen LogP contribution is -2.26. The largest absolute Gasteiger partial charge is 0.355 e. The Morgan fingerprint density at radius 2 is 2.05 bits per heavy atom. The van der Waals surface area contributed by atoms with Crippen LogP contribution in [0.25, 0.3) is 10.6 Å². The van der Waals surface area contributed by atoms with Gasteiger partial charge in [-0.15, -0.1) is 11.3 Å². The van der Waals surface area contributed by atoms with Gasteiger partial charge < -0.3 is 9.84 Å². The van der Waals surface area contributed by atoms with Crippen LogP contribution in [0.15, 0.2) is 58.4 Å². The van der Waals surface area contributed by atoms with Gasteiger partial charge in [0.2, 0.25) is 0 Å². The highest BCUT2D eigenvalue weighted by molar-refractivity contribution is 7.13. The van der Waals surface area contributed by atoms with Crippen LogP contribution in [0, 0.1) is 0 Å². The van der Waals surface area contributed by atoms with Crippen molar-refractivity contribution in [2.45, 2.75) is 13.0 Å². The Bertz CT molecular complexity index is 720. The zero-order chi connectivity index (χ0) is 14.7. The third kappa shape index (κ3) is 3.03. The van der Waals surface area contributed by atoms with Crippen LogP contribution < -0.4 is 5.32 Å². The van der Waals surface area contributed by atoms with Crippen molar-refractivity contribution in [2.75, 3.05) is 0 Å². The van der Waals surface area contributed by atoms with Gasteiger partial charge in [-0.05, 0) is 23.9 Å². The highest BCUT2D eigenvalue weighted by Crippen LogP contribution is 2.25. The van der Waals surface area contributed by atoms with E-state index in [-0.39, 0.29) is 11.9 Å². The van der Waals surface area contributed by atoms with Crippen molar-refractivity contribution in [3.8, 4) is 10.6 Å². The lowest BCUT2D eigenvalue weighted by atomic mass is 10.1. The molecule has 21 heavy (non-hydrogen) atoms. The van der Waals surface area contributed by atoms with Gasteiger partial charge in [0, 0.05) is 6.07 Å². The van der Waals surface area contributed by atoms with Crippen molar-refractivity contribution in [1.29, 1.82) is 0 Å².